The number of pyridine rings is 2. The molecule has 0 bridgehead atoms. The molecule has 0 fully saturated rings. The van der Waals surface area contributed by atoms with E-state index >= 15 is 0 Å². The summed E-state index contributed by atoms with van der Waals surface area (Å²) < 4.78 is 0. The fraction of sp³-hybridized carbons (Fsp3) is 0.167. The Morgan fingerprint density at radius 2 is 2.12 bits per heavy atom. The summed E-state index contributed by atoms with van der Waals surface area (Å²) in [6.45, 7) is 1.93. The molecule has 1 atom stereocenters. The van der Waals surface area contributed by atoms with E-state index in [1.807, 2.05) is 25.1 Å². The van der Waals surface area contributed by atoms with Crippen molar-refractivity contribution in [2.45, 2.75) is 23.0 Å². The van der Waals surface area contributed by atoms with Crippen molar-refractivity contribution in [1.82, 2.24) is 9.97 Å². The highest BCUT2D eigenvalue weighted by molar-refractivity contribution is 7.99. The van der Waals surface area contributed by atoms with Crippen LogP contribution in [0.2, 0.25) is 5.02 Å². The molecule has 0 aromatic carbocycles. The summed E-state index contributed by atoms with van der Waals surface area (Å²) in [5, 5.41) is 2.25. The molecular weight excluding hydrogens is 254 g/mol. The highest BCUT2D eigenvalue weighted by Gasteiger charge is 2.05. The lowest BCUT2D eigenvalue weighted by Gasteiger charge is -2.06. The third-order valence-corrected chi connectivity index (χ3v) is 3.60. The van der Waals surface area contributed by atoms with Gasteiger partial charge in [0.25, 0.3) is 0 Å². The fourth-order valence-corrected chi connectivity index (χ4v) is 2.22. The van der Waals surface area contributed by atoms with Gasteiger partial charge in [0, 0.05) is 18.4 Å². The summed E-state index contributed by atoms with van der Waals surface area (Å²) >= 11 is 7.46. The Kier molecular flexibility index (Phi) is 3.99. The van der Waals surface area contributed by atoms with Crippen LogP contribution in [-0.2, 0) is 0 Å². The first kappa shape index (κ1) is 12.4. The van der Waals surface area contributed by atoms with E-state index in [0.717, 1.165) is 15.6 Å². The molecule has 0 unspecified atom stereocenters. The number of nitrogens with two attached hydrogens (primary N) is 1. The zero-order chi connectivity index (χ0) is 12.3. The lowest BCUT2D eigenvalue weighted by molar-refractivity contribution is 0.806. The van der Waals surface area contributed by atoms with Crippen molar-refractivity contribution in [1.29, 1.82) is 0 Å². The zero-order valence-corrected chi connectivity index (χ0v) is 10.9. The van der Waals surface area contributed by atoms with Crippen LogP contribution < -0.4 is 5.73 Å². The first-order valence-electron chi connectivity index (χ1n) is 5.16. The van der Waals surface area contributed by atoms with Crippen LogP contribution in [0, 0.1) is 0 Å². The first-order valence-corrected chi connectivity index (χ1v) is 6.36. The average Bonchev–Trinajstić information content (AvgIpc) is 2.33. The Balaban J connectivity index is 2.17. The number of hydrogen-bond donors (Lipinski definition) is 1. The maximum atomic E-state index is 6.02. The quantitative estimate of drug-likeness (QED) is 0.925. The van der Waals surface area contributed by atoms with Crippen LogP contribution in [0.4, 0.5) is 0 Å². The zero-order valence-electron chi connectivity index (χ0n) is 9.30. The second kappa shape index (κ2) is 5.49. The molecule has 0 aliphatic rings. The summed E-state index contributed by atoms with van der Waals surface area (Å²) in [6, 6.07) is 7.51. The summed E-state index contributed by atoms with van der Waals surface area (Å²) in [6.07, 6.45) is 3.49. The van der Waals surface area contributed by atoms with Gasteiger partial charge in [-0.15, -0.1) is 0 Å². The summed E-state index contributed by atoms with van der Waals surface area (Å²) in [5.41, 5.74) is 6.78. The Bertz CT molecular complexity index is 499. The van der Waals surface area contributed by atoms with Crippen LogP contribution in [0.1, 0.15) is 18.5 Å². The third kappa shape index (κ3) is 3.19. The molecule has 2 N–H and O–H groups in total. The second-order valence-electron chi connectivity index (χ2n) is 3.61. The minimum atomic E-state index is -0.0000109. The van der Waals surface area contributed by atoms with Gasteiger partial charge in [-0.25, -0.2) is 9.97 Å². The molecule has 2 aromatic heterocycles. The van der Waals surface area contributed by atoms with E-state index in [0.29, 0.717) is 5.02 Å². The van der Waals surface area contributed by atoms with Crippen molar-refractivity contribution >= 4 is 23.4 Å². The number of halogens is 1. The van der Waals surface area contributed by atoms with Gasteiger partial charge in [-0.2, -0.15) is 0 Å². The molecule has 0 amide bonds. The van der Waals surface area contributed by atoms with E-state index < -0.39 is 0 Å². The van der Waals surface area contributed by atoms with Gasteiger partial charge in [-0.1, -0.05) is 17.7 Å². The molecule has 3 nitrogen and oxygen atoms in total. The van der Waals surface area contributed by atoms with Crippen LogP contribution in [-0.4, -0.2) is 9.97 Å². The van der Waals surface area contributed by atoms with Gasteiger partial charge in [-0.05, 0) is 42.4 Å². The summed E-state index contributed by atoms with van der Waals surface area (Å²) in [5.74, 6) is 0. The first-order chi connectivity index (χ1) is 8.16. The molecule has 2 rings (SSSR count). The van der Waals surface area contributed by atoms with Crippen molar-refractivity contribution < 1.29 is 0 Å². The van der Waals surface area contributed by atoms with Crippen molar-refractivity contribution in [2.24, 2.45) is 5.73 Å². The van der Waals surface area contributed by atoms with Crippen LogP contribution >= 0.6 is 23.4 Å². The van der Waals surface area contributed by atoms with Crippen molar-refractivity contribution in [2.75, 3.05) is 0 Å². The van der Waals surface area contributed by atoms with E-state index in [1.165, 1.54) is 11.8 Å². The number of aromatic nitrogens is 2. The molecule has 0 aliphatic carbocycles. The fourth-order valence-electron chi connectivity index (χ4n) is 1.27. The minimum Gasteiger partial charge on any atom is -0.324 e. The highest BCUT2D eigenvalue weighted by Crippen LogP contribution is 2.29. The smallest absolute Gasteiger partial charge is 0.121 e. The molecule has 2 aromatic rings. The number of nitrogens with zero attached hydrogens (tertiary/aromatic N) is 2. The standard InChI is InChI=1S/C12H12ClN3S/c1-8(14)9-4-5-11(16-7-9)17-12-10(13)3-2-6-15-12/h2-8H,14H2,1H3/t8-/m1/s1. The van der Waals surface area contributed by atoms with Gasteiger partial charge < -0.3 is 5.73 Å². The monoisotopic (exact) mass is 265 g/mol. The lowest BCUT2D eigenvalue weighted by Crippen LogP contribution is -2.04. The molecule has 0 saturated heterocycles. The van der Waals surface area contributed by atoms with Crippen LogP contribution in [0.15, 0.2) is 46.7 Å². The van der Waals surface area contributed by atoms with E-state index in [4.69, 9.17) is 17.3 Å². The molecule has 2 heterocycles. The summed E-state index contributed by atoms with van der Waals surface area (Å²) in [4.78, 5) is 8.52. The van der Waals surface area contributed by atoms with Gasteiger partial charge in [-0.3, -0.25) is 0 Å². The third-order valence-electron chi connectivity index (χ3n) is 2.21. The van der Waals surface area contributed by atoms with Gasteiger partial charge in [0.15, 0.2) is 0 Å². The van der Waals surface area contributed by atoms with E-state index in [2.05, 4.69) is 9.97 Å². The normalized spacial score (nSPS) is 12.4. The Labute approximate surface area is 109 Å². The Morgan fingerprint density at radius 3 is 2.71 bits per heavy atom. The van der Waals surface area contributed by atoms with E-state index in [1.54, 1.807) is 18.5 Å². The Morgan fingerprint density at radius 1 is 1.29 bits per heavy atom. The highest BCUT2D eigenvalue weighted by atomic mass is 35.5. The predicted molar refractivity (Wildman–Crippen MR) is 70.2 cm³/mol. The lowest BCUT2D eigenvalue weighted by atomic mass is 10.2. The van der Waals surface area contributed by atoms with Crippen LogP contribution in [0.25, 0.3) is 0 Å². The molecule has 17 heavy (non-hydrogen) atoms. The van der Waals surface area contributed by atoms with Crippen molar-refractivity contribution in [3.05, 3.63) is 47.2 Å². The molecule has 88 valence electrons. The summed E-state index contributed by atoms with van der Waals surface area (Å²) in [7, 11) is 0. The van der Waals surface area contributed by atoms with Crippen LogP contribution in [0.3, 0.4) is 0 Å². The van der Waals surface area contributed by atoms with Crippen molar-refractivity contribution in [3.63, 3.8) is 0 Å². The molecule has 0 radical (unpaired) electrons. The SMILES string of the molecule is C[C@@H](N)c1ccc(Sc2ncccc2Cl)nc1. The number of hydrogen-bond acceptors (Lipinski definition) is 4. The van der Waals surface area contributed by atoms with E-state index in [-0.39, 0.29) is 6.04 Å². The molecule has 0 spiro atoms. The predicted octanol–water partition coefficient (Wildman–Crippen LogP) is 3.30. The van der Waals surface area contributed by atoms with Gasteiger partial charge in [0.1, 0.15) is 10.1 Å². The van der Waals surface area contributed by atoms with Gasteiger partial charge >= 0.3 is 0 Å². The maximum absolute atomic E-state index is 6.02. The number of rotatable bonds is 3. The van der Waals surface area contributed by atoms with Crippen LogP contribution in [0.5, 0.6) is 0 Å². The molecule has 5 heteroatoms. The molecular formula is C12H12ClN3S. The molecule has 0 saturated carbocycles. The van der Waals surface area contributed by atoms with Gasteiger partial charge in [0.2, 0.25) is 0 Å². The second-order valence-corrected chi connectivity index (χ2v) is 5.03. The van der Waals surface area contributed by atoms with Gasteiger partial charge in [0.05, 0.1) is 5.02 Å². The Hall–Kier alpha value is -1.10. The topological polar surface area (TPSA) is 51.8 Å². The minimum absolute atomic E-state index is 0.0000109. The average molecular weight is 266 g/mol. The largest absolute Gasteiger partial charge is 0.324 e. The maximum Gasteiger partial charge on any atom is 0.121 e. The molecule has 0 aliphatic heterocycles. The van der Waals surface area contributed by atoms with Crippen molar-refractivity contribution in [3.8, 4) is 0 Å². The van der Waals surface area contributed by atoms with E-state index in [9.17, 15) is 0 Å².